The van der Waals surface area contributed by atoms with Crippen LogP contribution in [0.5, 0.6) is 0 Å². The third-order valence-corrected chi connectivity index (χ3v) is 4.81. The molecule has 2 N–H and O–H groups in total. The predicted molar refractivity (Wildman–Crippen MR) is 92.9 cm³/mol. The molecule has 1 heterocycles. The van der Waals surface area contributed by atoms with Crippen molar-refractivity contribution in [1.29, 1.82) is 0 Å². The Morgan fingerprint density at radius 1 is 1.18 bits per heavy atom. The Morgan fingerprint density at radius 3 is 2.41 bits per heavy atom. The molecule has 1 aliphatic rings. The molecule has 1 aliphatic heterocycles. The largest absolute Gasteiger partial charge is 0.387 e. The third-order valence-electron chi connectivity index (χ3n) is 4.81. The molecule has 3 nitrogen and oxygen atoms in total. The van der Waals surface area contributed by atoms with Gasteiger partial charge in [-0.05, 0) is 71.1 Å². The molecule has 1 saturated heterocycles. The molecule has 0 spiro atoms. The lowest BCUT2D eigenvalue weighted by Crippen LogP contribution is -2.46. The van der Waals surface area contributed by atoms with E-state index in [-0.39, 0.29) is 0 Å². The van der Waals surface area contributed by atoms with Gasteiger partial charge in [0.25, 0.3) is 0 Å². The van der Waals surface area contributed by atoms with Crippen LogP contribution in [0.25, 0.3) is 0 Å². The van der Waals surface area contributed by atoms with Gasteiger partial charge in [0.1, 0.15) is 0 Å². The van der Waals surface area contributed by atoms with E-state index in [4.69, 9.17) is 0 Å². The van der Waals surface area contributed by atoms with Gasteiger partial charge in [-0.2, -0.15) is 0 Å². The molecule has 0 amide bonds. The van der Waals surface area contributed by atoms with Crippen molar-refractivity contribution in [2.75, 3.05) is 26.2 Å². The van der Waals surface area contributed by atoms with Crippen LogP contribution in [0.15, 0.2) is 30.3 Å². The van der Waals surface area contributed by atoms with Gasteiger partial charge < -0.3 is 10.4 Å². The van der Waals surface area contributed by atoms with E-state index >= 15 is 0 Å². The second-order valence-electron chi connectivity index (χ2n) is 7.52. The highest BCUT2D eigenvalue weighted by molar-refractivity contribution is 5.17. The molecule has 1 fully saturated rings. The lowest BCUT2D eigenvalue weighted by molar-refractivity contribution is 0.0849. The highest BCUT2D eigenvalue weighted by atomic mass is 16.3. The van der Waals surface area contributed by atoms with Crippen molar-refractivity contribution in [2.24, 2.45) is 5.92 Å². The molecule has 2 rings (SSSR count). The Kier molecular flexibility index (Phi) is 6.42. The molecule has 0 aromatic heterocycles. The smallest absolute Gasteiger partial charge is 0.0914 e. The summed E-state index contributed by atoms with van der Waals surface area (Å²) in [6.45, 7) is 11.0. The van der Waals surface area contributed by atoms with Crippen LogP contribution in [-0.2, 0) is 0 Å². The van der Waals surface area contributed by atoms with Crippen LogP contribution < -0.4 is 5.32 Å². The normalized spacial score (nSPS) is 19.3. The topological polar surface area (TPSA) is 35.5 Å². The summed E-state index contributed by atoms with van der Waals surface area (Å²) in [4.78, 5) is 2.59. The van der Waals surface area contributed by atoms with Crippen molar-refractivity contribution in [3.63, 3.8) is 0 Å². The van der Waals surface area contributed by atoms with Gasteiger partial charge in [-0.3, -0.25) is 4.90 Å². The van der Waals surface area contributed by atoms with Gasteiger partial charge in [0.2, 0.25) is 0 Å². The fourth-order valence-corrected chi connectivity index (χ4v) is 3.23. The Bertz CT molecular complexity index is 419. The number of aliphatic hydroxyl groups excluding tert-OH is 1. The van der Waals surface area contributed by atoms with Crippen molar-refractivity contribution in [1.82, 2.24) is 10.2 Å². The monoisotopic (exact) mass is 304 g/mol. The summed E-state index contributed by atoms with van der Waals surface area (Å²) in [6, 6.07) is 9.89. The molecule has 1 atom stereocenters. The van der Waals surface area contributed by atoms with E-state index in [1.807, 2.05) is 30.3 Å². The first-order valence-corrected chi connectivity index (χ1v) is 8.65. The zero-order chi connectivity index (χ0) is 16.0. The molecule has 124 valence electrons. The first-order valence-electron chi connectivity index (χ1n) is 8.65. The van der Waals surface area contributed by atoms with Gasteiger partial charge in [0.15, 0.2) is 0 Å². The lowest BCUT2D eigenvalue weighted by atomic mass is 9.90. The molecule has 1 aromatic rings. The molecule has 0 bridgehead atoms. The maximum Gasteiger partial charge on any atom is 0.0914 e. The van der Waals surface area contributed by atoms with Crippen LogP contribution in [0.4, 0.5) is 0 Å². The Morgan fingerprint density at radius 2 is 1.82 bits per heavy atom. The number of likely N-dealkylation sites (tertiary alicyclic amines) is 1. The van der Waals surface area contributed by atoms with Gasteiger partial charge in [0, 0.05) is 12.1 Å². The zero-order valence-corrected chi connectivity index (χ0v) is 14.4. The van der Waals surface area contributed by atoms with Crippen LogP contribution in [-0.4, -0.2) is 41.7 Å². The summed E-state index contributed by atoms with van der Waals surface area (Å²) in [5.74, 6) is 0.833. The summed E-state index contributed by atoms with van der Waals surface area (Å²) in [5, 5.41) is 13.5. The fourth-order valence-electron chi connectivity index (χ4n) is 3.23. The van der Waals surface area contributed by atoms with E-state index in [0.717, 1.165) is 18.0 Å². The van der Waals surface area contributed by atoms with Crippen LogP contribution in [0.2, 0.25) is 0 Å². The molecule has 0 radical (unpaired) electrons. The van der Waals surface area contributed by atoms with E-state index in [0.29, 0.717) is 12.1 Å². The fraction of sp³-hybridized carbons (Fsp3) is 0.684. The van der Waals surface area contributed by atoms with E-state index in [1.54, 1.807) is 0 Å². The van der Waals surface area contributed by atoms with Crippen LogP contribution in [0, 0.1) is 5.92 Å². The van der Waals surface area contributed by atoms with Gasteiger partial charge in [0.05, 0.1) is 6.10 Å². The highest BCUT2D eigenvalue weighted by Crippen LogP contribution is 2.25. The average Bonchev–Trinajstić information content (AvgIpc) is 2.52. The van der Waals surface area contributed by atoms with Gasteiger partial charge in [-0.15, -0.1) is 0 Å². The van der Waals surface area contributed by atoms with E-state index < -0.39 is 6.10 Å². The number of nitrogens with zero attached hydrogens (tertiary/aromatic N) is 1. The molecular formula is C19H32N2O. The minimum Gasteiger partial charge on any atom is -0.387 e. The summed E-state index contributed by atoms with van der Waals surface area (Å²) in [6.07, 6.45) is 3.43. The highest BCUT2D eigenvalue weighted by Gasteiger charge is 2.26. The first-order chi connectivity index (χ1) is 10.5. The number of piperidine rings is 1. The van der Waals surface area contributed by atoms with Crippen LogP contribution >= 0.6 is 0 Å². The molecule has 0 unspecified atom stereocenters. The van der Waals surface area contributed by atoms with Gasteiger partial charge in [-0.25, -0.2) is 0 Å². The molecular weight excluding hydrogens is 272 g/mol. The van der Waals surface area contributed by atoms with Crippen molar-refractivity contribution < 1.29 is 5.11 Å². The zero-order valence-electron chi connectivity index (χ0n) is 14.4. The minimum atomic E-state index is -0.399. The Balaban J connectivity index is 1.60. The van der Waals surface area contributed by atoms with Crippen molar-refractivity contribution in [3.8, 4) is 0 Å². The van der Waals surface area contributed by atoms with Gasteiger partial charge in [-0.1, -0.05) is 30.3 Å². The van der Waals surface area contributed by atoms with E-state index in [1.165, 1.54) is 32.4 Å². The molecule has 0 aliphatic carbocycles. The SMILES string of the molecule is CC(C)(C)N1CCC(CCNC[C@H](O)c2ccccc2)CC1. The number of hydrogen-bond donors (Lipinski definition) is 2. The van der Waals surface area contributed by atoms with Crippen molar-refractivity contribution in [3.05, 3.63) is 35.9 Å². The molecule has 0 saturated carbocycles. The third kappa shape index (κ3) is 5.38. The second-order valence-corrected chi connectivity index (χ2v) is 7.52. The van der Waals surface area contributed by atoms with Crippen molar-refractivity contribution >= 4 is 0 Å². The second kappa shape index (κ2) is 8.09. The number of hydrogen-bond acceptors (Lipinski definition) is 3. The maximum atomic E-state index is 10.1. The first kappa shape index (κ1) is 17.5. The summed E-state index contributed by atoms with van der Waals surface area (Å²) in [5.41, 5.74) is 1.30. The van der Waals surface area contributed by atoms with Gasteiger partial charge >= 0.3 is 0 Å². The number of benzene rings is 1. The molecule has 3 heteroatoms. The Labute approximate surface area is 135 Å². The van der Waals surface area contributed by atoms with Crippen molar-refractivity contribution in [2.45, 2.75) is 51.7 Å². The van der Waals surface area contributed by atoms with Crippen LogP contribution in [0.1, 0.15) is 51.7 Å². The number of rotatable bonds is 6. The molecule has 1 aromatic carbocycles. The maximum absolute atomic E-state index is 10.1. The quantitative estimate of drug-likeness (QED) is 0.792. The predicted octanol–water partition coefficient (Wildman–Crippen LogP) is 3.21. The summed E-state index contributed by atoms with van der Waals surface area (Å²) >= 11 is 0. The Hall–Kier alpha value is -0.900. The summed E-state index contributed by atoms with van der Waals surface area (Å²) < 4.78 is 0. The van der Waals surface area contributed by atoms with E-state index in [9.17, 15) is 5.11 Å². The number of nitrogens with one attached hydrogen (secondary N) is 1. The average molecular weight is 304 g/mol. The number of aliphatic hydroxyl groups is 1. The minimum absolute atomic E-state index is 0.309. The van der Waals surface area contributed by atoms with E-state index in [2.05, 4.69) is 31.0 Å². The summed E-state index contributed by atoms with van der Waals surface area (Å²) in [7, 11) is 0. The van der Waals surface area contributed by atoms with Crippen LogP contribution in [0.3, 0.4) is 0 Å². The standard InChI is InChI=1S/C19H32N2O/c1-19(2,3)21-13-10-16(11-14-21)9-12-20-15-18(22)17-7-5-4-6-8-17/h4-8,16,18,20,22H,9-15H2,1-3H3/t18-/m0/s1. The lowest BCUT2D eigenvalue weighted by Gasteiger charge is -2.41. The molecule has 22 heavy (non-hydrogen) atoms.